The van der Waals surface area contributed by atoms with Gasteiger partial charge < -0.3 is 16.0 Å². The molecule has 2 amide bonds. The summed E-state index contributed by atoms with van der Waals surface area (Å²) in [7, 11) is 0. The number of amides is 2. The van der Waals surface area contributed by atoms with E-state index in [2.05, 4.69) is 19.2 Å². The normalized spacial score (nSPS) is 18.5. The van der Waals surface area contributed by atoms with Crippen molar-refractivity contribution < 1.29 is 9.59 Å². The molecular formula is C14H27N3O2. The first-order valence-electron chi connectivity index (χ1n) is 7.27. The highest BCUT2D eigenvalue weighted by Crippen LogP contribution is 2.18. The summed E-state index contributed by atoms with van der Waals surface area (Å²) in [6.07, 6.45) is 2.20. The molecule has 1 aliphatic rings. The predicted octanol–water partition coefficient (Wildman–Crippen LogP) is 0.735. The van der Waals surface area contributed by atoms with Crippen molar-refractivity contribution in [3.63, 3.8) is 0 Å². The highest BCUT2D eigenvalue weighted by Gasteiger charge is 2.29. The predicted molar refractivity (Wildman–Crippen MR) is 75.4 cm³/mol. The van der Waals surface area contributed by atoms with Gasteiger partial charge in [-0.2, -0.15) is 0 Å². The maximum Gasteiger partial charge on any atom is 0.239 e. The maximum atomic E-state index is 12.1. The molecule has 0 aliphatic carbocycles. The van der Waals surface area contributed by atoms with Gasteiger partial charge in [0.15, 0.2) is 0 Å². The Morgan fingerprint density at radius 3 is 2.37 bits per heavy atom. The Balaban J connectivity index is 2.40. The zero-order chi connectivity index (χ0) is 14.4. The lowest BCUT2D eigenvalue weighted by Crippen LogP contribution is -2.49. The highest BCUT2D eigenvalue weighted by atomic mass is 16.2. The van der Waals surface area contributed by atoms with Gasteiger partial charge in [-0.15, -0.1) is 0 Å². The van der Waals surface area contributed by atoms with E-state index in [1.165, 1.54) is 0 Å². The fraction of sp³-hybridized carbons (Fsp3) is 0.857. The number of nitrogens with zero attached hydrogens (tertiary/aromatic N) is 1. The Bertz CT molecular complexity index is 310. The summed E-state index contributed by atoms with van der Waals surface area (Å²) in [6.45, 7) is 8.00. The number of likely N-dealkylation sites (tertiary alicyclic amines) is 1. The van der Waals surface area contributed by atoms with Gasteiger partial charge in [0.25, 0.3) is 0 Å². The van der Waals surface area contributed by atoms with E-state index >= 15 is 0 Å². The van der Waals surface area contributed by atoms with Crippen molar-refractivity contribution in [3.05, 3.63) is 0 Å². The van der Waals surface area contributed by atoms with E-state index in [1.807, 2.05) is 11.8 Å². The molecular weight excluding hydrogens is 242 g/mol. The molecule has 0 aromatic carbocycles. The lowest BCUT2D eigenvalue weighted by Gasteiger charge is -2.33. The SMILES string of the molecule is CCNC(=O)C1CCN(C(=O)[C@H](N)CC(C)C)CC1. The lowest BCUT2D eigenvalue weighted by atomic mass is 9.94. The van der Waals surface area contributed by atoms with Crippen molar-refractivity contribution in [2.24, 2.45) is 17.6 Å². The van der Waals surface area contributed by atoms with Gasteiger partial charge in [-0.1, -0.05) is 13.8 Å². The summed E-state index contributed by atoms with van der Waals surface area (Å²) >= 11 is 0. The average molecular weight is 269 g/mol. The van der Waals surface area contributed by atoms with Crippen molar-refractivity contribution in [2.45, 2.75) is 46.1 Å². The molecule has 110 valence electrons. The third-order valence-corrected chi connectivity index (χ3v) is 3.57. The summed E-state index contributed by atoms with van der Waals surface area (Å²) in [6, 6.07) is -0.402. The van der Waals surface area contributed by atoms with Crippen LogP contribution in [0.15, 0.2) is 0 Å². The van der Waals surface area contributed by atoms with E-state index < -0.39 is 6.04 Å². The summed E-state index contributed by atoms with van der Waals surface area (Å²) in [4.78, 5) is 25.7. The van der Waals surface area contributed by atoms with Crippen LogP contribution in [0.1, 0.15) is 40.0 Å². The van der Waals surface area contributed by atoms with E-state index in [0.717, 1.165) is 19.3 Å². The number of carbonyl (C=O) groups is 2. The zero-order valence-corrected chi connectivity index (χ0v) is 12.3. The Labute approximate surface area is 115 Å². The van der Waals surface area contributed by atoms with Gasteiger partial charge >= 0.3 is 0 Å². The molecule has 0 bridgehead atoms. The number of nitrogens with one attached hydrogen (secondary N) is 1. The number of rotatable bonds is 5. The van der Waals surface area contributed by atoms with E-state index in [1.54, 1.807) is 0 Å². The van der Waals surface area contributed by atoms with Crippen molar-refractivity contribution in [1.29, 1.82) is 0 Å². The maximum absolute atomic E-state index is 12.1. The number of carbonyl (C=O) groups excluding carboxylic acids is 2. The minimum Gasteiger partial charge on any atom is -0.356 e. The van der Waals surface area contributed by atoms with Crippen molar-refractivity contribution in [3.8, 4) is 0 Å². The van der Waals surface area contributed by atoms with E-state index in [4.69, 9.17) is 5.73 Å². The second-order valence-corrected chi connectivity index (χ2v) is 5.73. The largest absolute Gasteiger partial charge is 0.356 e. The molecule has 19 heavy (non-hydrogen) atoms. The fourth-order valence-corrected chi connectivity index (χ4v) is 2.52. The van der Waals surface area contributed by atoms with Gasteiger partial charge in [0.2, 0.25) is 11.8 Å². The van der Waals surface area contributed by atoms with Crippen LogP contribution in [-0.2, 0) is 9.59 Å². The Hall–Kier alpha value is -1.10. The molecule has 5 nitrogen and oxygen atoms in total. The standard InChI is InChI=1S/C14H27N3O2/c1-4-16-13(18)11-5-7-17(8-6-11)14(19)12(15)9-10(2)3/h10-12H,4-9,15H2,1-3H3,(H,16,18)/t12-/m1/s1. The van der Waals surface area contributed by atoms with Crippen LogP contribution in [0.5, 0.6) is 0 Å². The van der Waals surface area contributed by atoms with Crippen LogP contribution in [0.4, 0.5) is 0 Å². The molecule has 0 spiro atoms. The van der Waals surface area contributed by atoms with E-state index in [9.17, 15) is 9.59 Å². The third kappa shape index (κ3) is 4.82. The van der Waals surface area contributed by atoms with Crippen LogP contribution in [0.2, 0.25) is 0 Å². The monoisotopic (exact) mass is 269 g/mol. The fourth-order valence-electron chi connectivity index (χ4n) is 2.52. The van der Waals surface area contributed by atoms with Gasteiger partial charge in [0.1, 0.15) is 0 Å². The second-order valence-electron chi connectivity index (χ2n) is 5.73. The summed E-state index contributed by atoms with van der Waals surface area (Å²) in [5.74, 6) is 0.612. The third-order valence-electron chi connectivity index (χ3n) is 3.57. The number of hydrogen-bond acceptors (Lipinski definition) is 3. The molecule has 0 aromatic heterocycles. The highest BCUT2D eigenvalue weighted by molar-refractivity contribution is 5.82. The molecule has 0 aromatic rings. The molecule has 1 fully saturated rings. The Kier molecular flexibility index (Phi) is 6.28. The molecule has 1 saturated heterocycles. The van der Waals surface area contributed by atoms with Gasteiger partial charge in [-0.05, 0) is 32.1 Å². The number of hydrogen-bond donors (Lipinski definition) is 2. The first kappa shape index (κ1) is 16.0. The Morgan fingerprint density at radius 2 is 1.89 bits per heavy atom. The topological polar surface area (TPSA) is 75.4 Å². The molecule has 1 heterocycles. The van der Waals surface area contributed by atoms with E-state index in [0.29, 0.717) is 25.6 Å². The van der Waals surface area contributed by atoms with Crippen molar-refractivity contribution in [2.75, 3.05) is 19.6 Å². The molecule has 0 saturated carbocycles. The van der Waals surface area contributed by atoms with Gasteiger partial charge in [0, 0.05) is 25.6 Å². The minimum atomic E-state index is -0.402. The number of nitrogens with two attached hydrogens (primary N) is 1. The van der Waals surface area contributed by atoms with Gasteiger partial charge in [-0.3, -0.25) is 9.59 Å². The van der Waals surface area contributed by atoms with Gasteiger partial charge in [-0.25, -0.2) is 0 Å². The van der Waals surface area contributed by atoms with Crippen LogP contribution in [0.25, 0.3) is 0 Å². The molecule has 5 heteroatoms. The summed E-state index contributed by atoms with van der Waals surface area (Å²) < 4.78 is 0. The molecule has 0 radical (unpaired) electrons. The van der Waals surface area contributed by atoms with Crippen LogP contribution in [0, 0.1) is 11.8 Å². The molecule has 1 atom stereocenters. The van der Waals surface area contributed by atoms with Crippen LogP contribution >= 0.6 is 0 Å². The molecule has 0 unspecified atom stereocenters. The second kappa shape index (κ2) is 7.48. The van der Waals surface area contributed by atoms with Crippen molar-refractivity contribution in [1.82, 2.24) is 10.2 Å². The van der Waals surface area contributed by atoms with Crippen LogP contribution in [-0.4, -0.2) is 42.4 Å². The first-order valence-corrected chi connectivity index (χ1v) is 7.27. The first-order chi connectivity index (χ1) is 8.95. The summed E-state index contributed by atoms with van der Waals surface area (Å²) in [5.41, 5.74) is 5.92. The minimum absolute atomic E-state index is 0.0306. The van der Waals surface area contributed by atoms with Crippen LogP contribution in [0.3, 0.4) is 0 Å². The zero-order valence-electron chi connectivity index (χ0n) is 12.3. The van der Waals surface area contributed by atoms with Crippen molar-refractivity contribution >= 4 is 11.8 Å². The number of piperidine rings is 1. The quantitative estimate of drug-likeness (QED) is 0.773. The summed E-state index contributed by atoms with van der Waals surface area (Å²) in [5, 5.41) is 2.84. The molecule has 1 rings (SSSR count). The van der Waals surface area contributed by atoms with Crippen LogP contribution < -0.4 is 11.1 Å². The van der Waals surface area contributed by atoms with E-state index in [-0.39, 0.29) is 17.7 Å². The average Bonchev–Trinajstić information content (AvgIpc) is 2.37. The van der Waals surface area contributed by atoms with Gasteiger partial charge in [0.05, 0.1) is 6.04 Å². The smallest absolute Gasteiger partial charge is 0.239 e. The molecule has 1 aliphatic heterocycles. The Morgan fingerprint density at radius 1 is 1.32 bits per heavy atom. The lowest BCUT2D eigenvalue weighted by molar-refractivity contribution is -0.137. The molecule has 3 N–H and O–H groups in total.